The molecular weight excluding hydrogens is 333 g/mol. The highest BCUT2D eigenvalue weighted by Gasteiger charge is 2.14. The van der Waals surface area contributed by atoms with Crippen LogP contribution in [0.4, 0.5) is 4.39 Å². The molecule has 1 atom stereocenters. The number of aryl methyl sites for hydroxylation is 2. The van der Waals surface area contributed by atoms with Crippen LogP contribution in [0.5, 0.6) is 0 Å². The van der Waals surface area contributed by atoms with Gasteiger partial charge in [0.1, 0.15) is 5.82 Å². The molecule has 0 heterocycles. The van der Waals surface area contributed by atoms with Crippen LogP contribution in [0.1, 0.15) is 48.1 Å². The molecule has 0 bridgehead atoms. The van der Waals surface area contributed by atoms with Crippen LogP contribution in [-0.4, -0.2) is 11.7 Å². The number of amides is 1. The summed E-state index contributed by atoms with van der Waals surface area (Å²) in [7, 11) is 0. The Labute approximate surface area is 153 Å². The number of carbonyl (C=O) groups is 1. The molecule has 1 N–H and O–H groups in total. The monoisotopic (exact) mass is 357 g/mol. The first-order valence-electron chi connectivity index (χ1n) is 8.85. The number of benzene rings is 2. The van der Waals surface area contributed by atoms with Crippen molar-refractivity contribution < 1.29 is 9.18 Å². The summed E-state index contributed by atoms with van der Waals surface area (Å²) in [5.41, 5.74) is 5.11. The molecule has 0 fully saturated rings. The van der Waals surface area contributed by atoms with E-state index in [1.54, 1.807) is 23.9 Å². The van der Waals surface area contributed by atoms with E-state index in [0.29, 0.717) is 11.5 Å². The lowest BCUT2D eigenvalue weighted by Gasteiger charge is -2.20. The zero-order valence-electron chi connectivity index (χ0n) is 14.6. The van der Waals surface area contributed by atoms with Crippen molar-refractivity contribution in [1.82, 2.24) is 5.32 Å². The van der Waals surface area contributed by atoms with Gasteiger partial charge in [0, 0.05) is 5.75 Å². The van der Waals surface area contributed by atoms with Crippen LogP contribution in [0.25, 0.3) is 0 Å². The van der Waals surface area contributed by atoms with Gasteiger partial charge in [0.05, 0.1) is 11.8 Å². The lowest BCUT2D eigenvalue weighted by Crippen LogP contribution is -2.28. The fourth-order valence-corrected chi connectivity index (χ4v) is 4.03. The molecule has 2 aromatic carbocycles. The molecule has 0 unspecified atom stereocenters. The summed E-state index contributed by atoms with van der Waals surface area (Å²) >= 11 is 1.55. The van der Waals surface area contributed by atoms with Crippen LogP contribution in [0.3, 0.4) is 0 Å². The minimum Gasteiger partial charge on any atom is -0.349 e. The van der Waals surface area contributed by atoms with Crippen molar-refractivity contribution >= 4 is 17.7 Å². The zero-order chi connectivity index (χ0) is 17.6. The van der Waals surface area contributed by atoms with Crippen LogP contribution in [0, 0.1) is 5.82 Å². The molecule has 2 aromatic rings. The lowest BCUT2D eigenvalue weighted by atomic mass is 9.89. The Morgan fingerprint density at radius 1 is 1.12 bits per heavy atom. The highest BCUT2D eigenvalue weighted by molar-refractivity contribution is 7.99. The third-order valence-corrected chi connectivity index (χ3v) is 5.67. The van der Waals surface area contributed by atoms with Gasteiger partial charge in [-0.25, -0.2) is 4.39 Å². The van der Waals surface area contributed by atoms with Crippen molar-refractivity contribution in [1.29, 1.82) is 0 Å². The fraction of sp³-hybridized carbons (Fsp3) is 0.381. The minimum absolute atomic E-state index is 0.0196. The molecule has 4 heteroatoms. The van der Waals surface area contributed by atoms with Crippen molar-refractivity contribution in [3.05, 3.63) is 70.5 Å². The molecule has 2 nitrogen and oxygen atoms in total. The van der Waals surface area contributed by atoms with Crippen LogP contribution in [0.2, 0.25) is 0 Å². The molecule has 0 radical (unpaired) electrons. The third kappa shape index (κ3) is 5.08. The molecule has 1 amide bonds. The molecule has 3 rings (SSSR count). The maximum absolute atomic E-state index is 12.9. The molecule has 0 saturated heterocycles. The Morgan fingerprint density at radius 2 is 1.84 bits per heavy atom. The second kappa shape index (κ2) is 8.52. The molecule has 1 aliphatic carbocycles. The highest BCUT2D eigenvalue weighted by Crippen LogP contribution is 2.25. The number of carbonyl (C=O) groups excluding carboxylic acids is 1. The van der Waals surface area contributed by atoms with E-state index in [1.807, 2.05) is 6.92 Å². The Hall–Kier alpha value is -1.81. The van der Waals surface area contributed by atoms with Gasteiger partial charge in [-0.3, -0.25) is 4.79 Å². The van der Waals surface area contributed by atoms with E-state index in [0.717, 1.165) is 12.0 Å². The molecular formula is C21H24FNOS. The van der Waals surface area contributed by atoms with Crippen molar-refractivity contribution in [3.8, 4) is 0 Å². The normalized spacial score (nSPS) is 14.6. The van der Waals surface area contributed by atoms with Gasteiger partial charge in [-0.1, -0.05) is 30.3 Å². The van der Waals surface area contributed by atoms with Crippen molar-refractivity contribution in [2.75, 3.05) is 5.75 Å². The number of nitrogens with one attached hydrogen (secondary N) is 1. The number of halogens is 1. The van der Waals surface area contributed by atoms with Crippen molar-refractivity contribution in [2.24, 2.45) is 0 Å². The average Bonchev–Trinajstić information content (AvgIpc) is 2.63. The first-order chi connectivity index (χ1) is 12.1. The largest absolute Gasteiger partial charge is 0.349 e. The predicted molar refractivity (Wildman–Crippen MR) is 102 cm³/mol. The standard InChI is InChI=1S/C21H24FNOS/c1-15(18-9-8-17-4-2-3-5-19(17)12-18)23-21(24)14-25-13-16-6-10-20(22)11-7-16/h6-12,15H,2-5,13-14H2,1H3,(H,23,24)/t15-/m1/s1. The first-order valence-corrected chi connectivity index (χ1v) is 10.0. The molecule has 25 heavy (non-hydrogen) atoms. The van der Waals surface area contributed by atoms with E-state index < -0.39 is 0 Å². The van der Waals surface area contributed by atoms with Crippen LogP contribution in [-0.2, 0) is 23.4 Å². The van der Waals surface area contributed by atoms with Gasteiger partial charge in [-0.15, -0.1) is 11.8 Å². The van der Waals surface area contributed by atoms with Gasteiger partial charge in [0.2, 0.25) is 5.91 Å². The summed E-state index contributed by atoms with van der Waals surface area (Å²) in [5, 5.41) is 3.08. The SMILES string of the molecule is C[C@@H](NC(=O)CSCc1ccc(F)cc1)c1ccc2c(c1)CCCC2. The van der Waals surface area contributed by atoms with Gasteiger partial charge >= 0.3 is 0 Å². The van der Waals surface area contributed by atoms with Gasteiger partial charge < -0.3 is 5.32 Å². The van der Waals surface area contributed by atoms with Crippen molar-refractivity contribution in [2.45, 2.75) is 44.4 Å². The molecule has 1 aliphatic rings. The number of rotatable bonds is 6. The Balaban J connectivity index is 1.48. The quantitative estimate of drug-likeness (QED) is 0.803. The maximum Gasteiger partial charge on any atom is 0.230 e. The Morgan fingerprint density at radius 3 is 2.60 bits per heavy atom. The second-order valence-corrected chi connectivity index (χ2v) is 7.63. The van der Waals surface area contributed by atoms with E-state index in [-0.39, 0.29) is 17.8 Å². The number of thioether (sulfide) groups is 1. The smallest absolute Gasteiger partial charge is 0.230 e. The maximum atomic E-state index is 12.9. The lowest BCUT2D eigenvalue weighted by molar-refractivity contribution is -0.119. The molecule has 0 aromatic heterocycles. The van der Waals surface area contributed by atoms with Crippen LogP contribution < -0.4 is 5.32 Å². The van der Waals surface area contributed by atoms with Gasteiger partial charge in [-0.2, -0.15) is 0 Å². The average molecular weight is 357 g/mol. The topological polar surface area (TPSA) is 29.1 Å². The summed E-state index contributed by atoms with van der Waals surface area (Å²) in [6, 6.07) is 13.1. The zero-order valence-corrected chi connectivity index (χ0v) is 15.4. The predicted octanol–water partition coefficient (Wildman–Crippen LogP) is 4.82. The molecule has 0 saturated carbocycles. The molecule has 0 aliphatic heterocycles. The van der Waals surface area contributed by atoms with Crippen molar-refractivity contribution in [3.63, 3.8) is 0 Å². The molecule has 132 valence electrons. The van der Waals surface area contributed by atoms with Crippen LogP contribution >= 0.6 is 11.8 Å². The van der Waals surface area contributed by atoms with Crippen LogP contribution in [0.15, 0.2) is 42.5 Å². The van der Waals surface area contributed by atoms with E-state index in [1.165, 1.54) is 48.1 Å². The third-order valence-electron chi connectivity index (χ3n) is 4.67. The summed E-state index contributed by atoms with van der Waals surface area (Å²) in [6.45, 7) is 2.03. The van der Waals surface area contributed by atoms with Gasteiger partial charge in [-0.05, 0) is 67.0 Å². The number of hydrogen-bond donors (Lipinski definition) is 1. The summed E-state index contributed by atoms with van der Waals surface area (Å²) in [4.78, 5) is 12.2. The first kappa shape index (κ1) is 18.0. The molecule has 0 spiro atoms. The second-order valence-electron chi connectivity index (χ2n) is 6.64. The van der Waals surface area contributed by atoms with E-state index in [9.17, 15) is 9.18 Å². The van der Waals surface area contributed by atoms with E-state index in [2.05, 4.69) is 23.5 Å². The highest BCUT2D eigenvalue weighted by atomic mass is 32.2. The van der Waals surface area contributed by atoms with E-state index >= 15 is 0 Å². The Kier molecular flexibility index (Phi) is 6.14. The summed E-state index contributed by atoms with van der Waals surface area (Å²) in [5.74, 6) is 0.927. The van der Waals surface area contributed by atoms with Gasteiger partial charge in [0.25, 0.3) is 0 Å². The van der Waals surface area contributed by atoms with Gasteiger partial charge in [0.15, 0.2) is 0 Å². The Bertz CT molecular complexity index is 729. The van der Waals surface area contributed by atoms with E-state index in [4.69, 9.17) is 0 Å². The fourth-order valence-electron chi connectivity index (χ4n) is 3.23. The summed E-state index contributed by atoms with van der Waals surface area (Å²) < 4.78 is 12.9. The minimum atomic E-state index is -0.231. The summed E-state index contributed by atoms with van der Waals surface area (Å²) in [6.07, 6.45) is 4.87. The number of fused-ring (bicyclic) bond motifs is 1. The number of hydrogen-bond acceptors (Lipinski definition) is 2.